The standard InChI is InChI=1S/C13H14FNO/c14-13(9-4-2-1-3-5-9)8-11(13)12(16)15-10-6-7-10/h1-5,10-11H,6-8H2,(H,15,16)/t11-,13+/m1/s1. The first-order valence-corrected chi connectivity index (χ1v) is 5.75. The fourth-order valence-corrected chi connectivity index (χ4v) is 2.10. The van der Waals surface area contributed by atoms with Crippen molar-refractivity contribution in [3.63, 3.8) is 0 Å². The monoisotopic (exact) mass is 219 g/mol. The van der Waals surface area contributed by atoms with Crippen molar-refractivity contribution in [3.8, 4) is 0 Å². The number of hydrogen-bond donors (Lipinski definition) is 1. The van der Waals surface area contributed by atoms with E-state index in [4.69, 9.17) is 0 Å². The molecule has 1 aromatic carbocycles. The van der Waals surface area contributed by atoms with Gasteiger partial charge >= 0.3 is 0 Å². The summed E-state index contributed by atoms with van der Waals surface area (Å²) in [7, 11) is 0. The summed E-state index contributed by atoms with van der Waals surface area (Å²) in [5.41, 5.74) is -0.786. The van der Waals surface area contributed by atoms with E-state index in [0.29, 0.717) is 18.0 Å². The smallest absolute Gasteiger partial charge is 0.227 e. The highest BCUT2D eigenvalue weighted by molar-refractivity contribution is 5.84. The van der Waals surface area contributed by atoms with E-state index in [2.05, 4.69) is 5.32 Å². The SMILES string of the molecule is O=C(NC1CC1)[C@H]1C[C@]1(F)c1ccccc1. The highest BCUT2D eigenvalue weighted by Crippen LogP contribution is 2.55. The van der Waals surface area contributed by atoms with Gasteiger partial charge in [-0.25, -0.2) is 4.39 Å². The molecule has 0 radical (unpaired) electrons. The van der Waals surface area contributed by atoms with E-state index in [1.54, 1.807) is 12.1 Å². The van der Waals surface area contributed by atoms with Crippen LogP contribution in [0.5, 0.6) is 0 Å². The van der Waals surface area contributed by atoms with Gasteiger partial charge in [0.05, 0.1) is 5.92 Å². The molecule has 0 aliphatic heterocycles. The summed E-state index contributed by atoms with van der Waals surface area (Å²) < 4.78 is 14.4. The van der Waals surface area contributed by atoms with Gasteiger partial charge in [-0.2, -0.15) is 0 Å². The van der Waals surface area contributed by atoms with E-state index in [9.17, 15) is 9.18 Å². The molecule has 2 aliphatic rings. The van der Waals surface area contributed by atoms with Gasteiger partial charge in [-0.1, -0.05) is 30.3 Å². The molecule has 84 valence electrons. The van der Waals surface area contributed by atoms with E-state index < -0.39 is 11.6 Å². The number of alkyl halides is 1. The summed E-state index contributed by atoms with van der Waals surface area (Å²) >= 11 is 0. The van der Waals surface area contributed by atoms with Crippen LogP contribution in [0.2, 0.25) is 0 Å². The molecule has 1 amide bonds. The van der Waals surface area contributed by atoms with E-state index in [1.807, 2.05) is 18.2 Å². The minimum absolute atomic E-state index is 0.117. The fraction of sp³-hybridized carbons (Fsp3) is 0.462. The van der Waals surface area contributed by atoms with Gasteiger partial charge in [0.1, 0.15) is 5.67 Å². The molecule has 2 fully saturated rings. The number of benzene rings is 1. The largest absolute Gasteiger partial charge is 0.353 e. The van der Waals surface area contributed by atoms with E-state index in [0.717, 1.165) is 12.8 Å². The van der Waals surface area contributed by atoms with Crippen LogP contribution in [0.1, 0.15) is 24.8 Å². The van der Waals surface area contributed by atoms with Crippen LogP contribution in [0.4, 0.5) is 4.39 Å². The van der Waals surface area contributed by atoms with Crippen LogP contribution in [0, 0.1) is 5.92 Å². The Hall–Kier alpha value is -1.38. The molecular weight excluding hydrogens is 205 g/mol. The van der Waals surface area contributed by atoms with Crippen molar-refractivity contribution in [2.24, 2.45) is 5.92 Å². The average Bonchev–Trinajstić information content (AvgIpc) is 3.18. The second-order valence-corrected chi connectivity index (χ2v) is 4.77. The van der Waals surface area contributed by atoms with Gasteiger partial charge in [0.2, 0.25) is 5.91 Å². The summed E-state index contributed by atoms with van der Waals surface area (Å²) in [4.78, 5) is 11.7. The summed E-state index contributed by atoms with van der Waals surface area (Å²) in [6.07, 6.45) is 2.42. The van der Waals surface area contributed by atoms with Crippen molar-refractivity contribution in [3.05, 3.63) is 35.9 Å². The molecule has 1 aromatic rings. The maximum absolute atomic E-state index is 14.4. The number of nitrogens with one attached hydrogen (secondary N) is 1. The predicted octanol–water partition coefficient (Wildman–Crippen LogP) is 2.15. The Morgan fingerprint density at radius 3 is 2.62 bits per heavy atom. The molecule has 16 heavy (non-hydrogen) atoms. The van der Waals surface area contributed by atoms with Crippen molar-refractivity contribution < 1.29 is 9.18 Å². The molecule has 0 spiro atoms. The third-order valence-corrected chi connectivity index (χ3v) is 3.39. The lowest BCUT2D eigenvalue weighted by Gasteiger charge is -2.08. The molecule has 2 atom stereocenters. The molecule has 1 N–H and O–H groups in total. The van der Waals surface area contributed by atoms with Crippen molar-refractivity contribution >= 4 is 5.91 Å². The quantitative estimate of drug-likeness (QED) is 0.829. The summed E-state index contributed by atoms with van der Waals surface area (Å²) in [5, 5.41) is 2.86. The zero-order valence-corrected chi connectivity index (χ0v) is 8.95. The predicted molar refractivity (Wildman–Crippen MR) is 58.5 cm³/mol. The van der Waals surface area contributed by atoms with Crippen LogP contribution in [0.15, 0.2) is 30.3 Å². The molecular formula is C13H14FNO. The molecule has 0 aromatic heterocycles. The second kappa shape index (κ2) is 3.30. The molecule has 0 heterocycles. The number of amides is 1. The van der Waals surface area contributed by atoms with Crippen LogP contribution < -0.4 is 5.32 Å². The number of carbonyl (C=O) groups excluding carboxylic acids is 1. The number of hydrogen-bond acceptors (Lipinski definition) is 1. The minimum Gasteiger partial charge on any atom is -0.353 e. The third kappa shape index (κ3) is 1.60. The second-order valence-electron chi connectivity index (χ2n) is 4.77. The molecule has 0 unspecified atom stereocenters. The van der Waals surface area contributed by atoms with Crippen molar-refractivity contribution in [2.75, 3.05) is 0 Å². The lowest BCUT2D eigenvalue weighted by atomic mass is 10.1. The average molecular weight is 219 g/mol. The molecule has 2 aliphatic carbocycles. The van der Waals surface area contributed by atoms with Crippen LogP contribution in [-0.4, -0.2) is 11.9 Å². The summed E-state index contributed by atoms with van der Waals surface area (Å²) in [6, 6.07) is 9.30. The number of halogens is 1. The van der Waals surface area contributed by atoms with Gasteiger partial charge in [-0.15, -0.1) is 0 Å². The van der Waals surface area contributed by atoms with Gasteiger partial charge in [0.15, 0.2) is 0 Å². The normalized spacial score (nSPS) is 32.2. The first kappa shape index (κ1) is 9.82. The van der Waals surface area contributed by atoms with Gasteiger partial charge in [0, 0.05) is 12.5 Å². The van der Waals surface area contributed by atoms with E-state index in [-0.39, 0.29) is 5.91 Å². The Morgan fingerprint density at radius 2 is 2.00 bits per heavy atom. The first-order valence-electron chi connectivity index (χ1n) is 5.75. The highest BCUT2D eigenvalue weighted by atomic mass is 19.1. The molecule has 2 nitrogen and oxygen atoms in total. The molecule has 0 bridgehead atoms. The summed E-state index contributed by atoms with van der Waals surface area (Å²) in [5.74, 6) is -0.593. The maximum atomic E-state index is 14.4. The van der Waals surface area contributed by atoms with Gasteiger partial charge in [0.25, 0.3) is 0 Å². The Kier molecular flexibility index (Phi) is 2.03. The Balaban J connectivity index is 1.71. The van der Waals surface area contributed by atoms with Crippen molar-refractivity contribution in [1.29, 1.82) is 0 Å². The molecule has 3 heteroatoms. The molecule has 2 saturated carbocycles. The van der Waals surface area contributed by atoms with Crippen molar-refractivity contribution in [1.82, 2.24) is 5.32 Å². The Bertz CT molecular complexity index is 415. The van der Waals surface area contributed by atoms with Crippen LogP contribution in [-0.2, 0) is 10.5 Å². The van der Waals surface area contributed by atoms with Gasteiger partial charge < -0.3 is 5.32 Å². The first-order chi connectivity index (χ1) is 7.70. The van der Waals surface area contributed by atoms with E-state index >= 15 is 0 Å². The Labute approximate surface area is 93.9 Å². The topological polar surface area (TPSA) is 29.1 Å². The van der Waals surface area contributed by atoms with Gasteiger partial charge in [-0.05, 0) is 18.4 Å². The molecule has 0 saturated heterocycles. The van der Waals surface area contributed by atoms with Crippen molar-refractivity contribution in [2.45, 2.75) is 31.0 Å². The maximum Gasteiger partial charge on any atom is 0.227 e. The van der Waals surface area contributed by atoms with E-state index in [1.165, 1.54) is 0 Å². The highest BCUT2D eigenvalue weighted by Gasteiger charge is 2.61. The minimum atomic E-state index is -1.42. The Morgan fingerprint density at radius 1 is 1.31 bits per heavy atom. The third-order valence-electron chi connectivity index (χ3n) is 3.39. The van der Waals surface area contributed by atoms with Crippen LogP contribution >= 0.6 is 0 Å². The lowest BCUT2D eigenvalue weighted by Crippen LogP contribution is -2.29. The zero-order chi connectivity index (χ0) is 11.2. The number of carbonyl (C=O) groups is 1. The molecule has 3 rings (SSSR count). The number of rotatable bonds is 3. The zero-order valence-electron chi connectivity index (χ0n) is 8.95. The fourth-order valence-electron chi connectivity index (χ4n) is 2.10. The van der Waals surface area contributed by atoms with Crippen LogP contribution in [0.3, 0.4) is 0 Å². The van der Waals surface area contributed by atoms with Gasteiger partial charge in [-0.3, -0.25) is 4.79 Å². The lowest BCUT2D eigenvalue weighted by molar-refractivity contribution is -0.123. The summed E-state index contributed by atoms with van der Waals surface area (Å²) in [6.45, 7) is 0. The van der Waals surface area contributed by atoms with Crippen LogP contribution in [0.25, 0.3) is 0 Å².